The molecule has 4 bridgehead atoms. The Morgan fingerprint density at radius 3 is 1.60 bits per heavy atom. The van der Waals surface area contributed by atoms with E-state index in [1.54, 1.807) is 19.9 Å². The van der Waals surface area contributed by atoms with Crippen molar-refractivity contribution in [2.75, 3.05) is 0 Å². The Labute approximate surface area is 336 Å². The largest absolute Gasteiger partial charge is 1.00 e. The Balaban J connectivity index is 0.00000232. The van der Waals surface area contributed by atoms with Crippen LogP contribution in [0.3, 0.4) is 0 Å². The SMILES string of the molecule is C/[C](c1ccc(C)cc1)=[Zr+2](/[C]1=CC(C2(C)C3CC4CC(C3)CC2C4)=CC1C)[CH]1c2cc(C)c(C(C)(C)C)cc2-c2cc(C(C)(C)C)c(C)cc21.[Cl-].[Cl-]. The van der Waals surface area contributed by atoms with Crippen LogP contribution in [0.15, 0.2) is 69.5 Å². The van der Waals surface area contributed by atoms with Crippen LogP contribution in [0.4, 0.5) is 0 Å². The summed E-state index contributed by atoms with van der Waals surface area (Å²) in [5.41, 5.74) is 17.4. The molecule has 1 atom stereocenters. The van der Waals surface area contributed by atoms with Crippen molar-refractivity contribution in [2.45, 2.75) is 130 Å². The Kier molecular flexibility index (Phi) is 10.7. The van der Waals surface area contributed by atoms with Crippen molar-refractivity contribution in [2.24, 2.45) is 35.0 Å². The smallest absolute Gasteiger partial charge is 1.00 e. The van der Waals surface area contributed by atoms with Crippen LogP contribution in [0, 0.1) is 55.8 Å². The molecule has 3 aromatic rings. The second-order valence-electron chi connectivity index (χ2n) is 19.9. The first-order valence-corrected chi connectivity index (χ1v) is 23.8. The van der Waals surface area contributed by atoms with Gasteiger partial charge in [0.05, 0.1) is 0 Å². The number of allylic oxidation sites excluding steroid dienone is 4. The first-order valence-electron chi connectivity index (χ1n) is 20.0. The average molecular weight is 813 g/mol. The van der Waals surface area contributed by atoms with Crippen molar-refractivity contribution in [3.63, 3.8) is 0 Å². The topological polar surface area (TPSA) is 0 Å². The maximum Gasteiger partial charge on any atom is -1.00 e. The van der Waals surface area contributed by atoms with E-state index in [-0.39, 0.29) is 35.6 Å². The fraction of sp³-hybridized carbons (Fsp3) is 0.531. The molecule has 0 amide bonds. The summed E-state index contributed by atoms with van der Waals surface area (Å²) in [6, 6.07) is 20.1. The minimum absolute atomic E-state index is 0. The molecular formula is C49H62Cl2Zr. The number of halogens is 2. The second kappa shape index (κ2) is 13.9. The fourth-order valence-electron chi connectivity index (χ4n) is 12.1. The average Bonchev–Trinajstić information content (AvgIpc) is 3.55. The second-order valence-corrected chi connectivity index (χ2v) is 26.7. The third-order valence-corrected chi connectivity index (χ3v) is 23.1. The molecule has 0 spiro atoms. The van der Waals surface area contributed by atoms with Crippen LogP contribution in [-0.4, -0.2) is 3.21 Å². The van der Waals surface area contributed by atoms with Crippen molar-refractivity contribution in [1.29, 1.82) is 0 Å². The molecule has 0 heterocycles. The van der Waals surface area contributed by atoms with Gasteiger partial charge in [0, 0.05) is 0 Å². The summed E-state index contributed by atoms with van der Waals surface area (Å²) in [5.74, 6) is 4.29. The zero-order valence-corrected chi connectivity index (χ0v) is 38.0. The predicted octanol–water partition coefficient (Wildman–Crippen LogP) is 7.07. The van der Waals surface area contributed by atoms with Gasteiger partial charge in [-0.05, 0) is 0 Å². The molecule has 3 aromatic carbocycles. The molecule has 0 aromatic heterocycles. The molecule has 0 aliphatic heterocycles. The van der Waals surface area contributed by atoms with Crippen molar-refractivity contribution in [1.82, 2.24) is 0 Å². The summed E-state index contributed by atoms with van der Waals surface area (Å²) in [5, 5.41) is 0. The van der Waals surface area contributed by atoms with Crippen molar-refractivity contribution in [3.8, 4) is 11.1 Å². The molecule has 3 heteroatoms. The van der Waals surface area contributed by atoms with Crippen LogP contribution in [0.5, 0.6) is 0 Å². The van der Waals surface area contributed by atoms with Crippen molar-refractivity contribution in [3.05, 3.63) is 114 Å². The van der Waals surface area contributed by atoms with E-state index in [1.807, 2.05) is 3.28 Å². The van der Waals surface area contributed by atoms with E-state index in [4.69, 9.17) is 0 Å². The summed E-state index contributed by atoms with van der Waals surface area (Å²) in [7, 11) is 0. The Bertz CT molecular complexity index is 1890. The first-order chi connectivity index (χ1) is 23.4. The van der Waals surface area contributed by atoms with Gasteiger partial charge < -0.3 is 24.8 Å². The van der Waals surface area contributed by atoms with E-state index < -0.39 is 21.3 Å². The van der Waals surface area contributed by atoms with E-state index >= 15 is 0 Å². The van der Waals surface area contributed by atoms with Gasteiger partial charge in [0.1, 0.15) is 0 Å². The van der Waals surface area contributed by atoms with Gasteiger partial charge in [0.15, 0.2) is 0 Å². The van der Waals surface area contributed by atoms with E-state index in [0.29, 0.717) is 15.0 Å². The Morgan fingerprint density at radius 1 is 0.692 bits per heavy atom. The van der Waals surface area contributed by atoms with E-state index in [2.05, 4.69) is 144 Å². The Hall–Kier alpha value is -1.53. The van der Waals surface area contributed by atoms with Gasteiger partial charge >= 0.3 is 314 Å². The number of aryl methyl sites for hydroxylation is 3. The van der Waals surface area contributed by atoms with Gasteiger partial charge in [-0.15, -0.1) is 0 Å². The van der Waals surface area contributed by atoms with Crippen molar-refractivity contribution < 1.29 is 46.1 Å². The number of hydrogen-bond donors (Lipinski definition) is 0. The molecule has 276 valence electrons. The van der Waals surface area contributed by atoms with Crippen LogP contribution < -0.4 is 24.8 Å². The third kappa shape index (κ3) is 6.42. The minimum Gasteiger partial charge on any atom is -1.00 e. The van der Waals surface area contributed by atoms with E-state index in [1.165, 1.54) is 76.6 Å². The molecule has 9 rings (SSSR count). The standard InChI is InChI=1S/C23H29.C17H23.C9H10.2ClH.Zr/c1-14-9-16-11-17-10-15(2)21(23(6,7)8)13-19(17)18(16)12-20(14)22(3,4)5;1-11-3-4-14(5-11)17(2)15-7-12-6-13(9-15)10-16(17)8-12;1-3-9-6-4-8(2)5-7-9;;;/h9-13H,1-8H3;4-5,11-13,15-16H,6-10H2,1-2H3;4-7H,1-2H3;2*1H;/q;;;;;+2/p-2. The monoisotopic (exact) mass is 810 g/mol. The molecule has 52 heavy (non-hydrogen) atoms. The molecule has 6 aliphatic rings. The molecule has 1 unspecified atom stereocenters. The number of fused-ring (bicyclic) bond motifs is 3. The van der Waals surface area contributed by atoms with E-state index in [0.717, 1.165) is 23.7 Å². The Morgan fingerprint density at radius 2 is 1.15 bits per heavy atom. The normalized spacial score (nSPS) is 27.7. The molecular weight excluding hydrogens is 751 g/mol. The quantitative estimate of drug-likeness (QED) is 0.265. The predicted molar refractivity (Wildman–Crippen MR) is 212 cm³/mol. The number of hydrogen-bond acceptors (Lipinski definition) is 0. The summed E-state index contributed by atoms with van der Waals surface area (Å²) in [6.45, 7) is 29.2. The molecule has 6 aliphatic carbocycles. The maximum atomic E-state index is 2.86. The van der Waals surface area contributed by atoms with Gasteiger partial charge in [0.25, 0.3) is 0 Å². The van der Waals surface area contributed by atoms with Crippen LogP contribution in [0.25, 0.3) is 11.1 Å². The number of rotatable bonds is 4. The summed E-state index contributed by atoms with van der Waals surface area (Å²) in [6.07, 6.45) is 13.1. The van der Waals surface area contributed by atoms with Crippen LogP contribution >= 0.6 is 0 Å². The van der Waals surface area contributed by atoms with Gasteiger partial charge in [-0.25, -0.2) is 0 Å². The van der Waals surface area contributed by atoms with Crippen molar-refractivity contribution >= 4 is 3.21 Å². The molecule has 0 nitrogen and oxygen atoms in total. The first kappa shape index (κ1) is 40.1. The van der Waals surface area contributed by atoms with Gasteiger partial charge in [-0.1, -0.05) is 0 Å². The zero-order valence-electron chi connectivity index (χ0n) is 34.0. The molecule has 4 fully saturated rings. The summed E-state index contributed by atoms with van der Waals surface area (Å²) < 4.78 is 4.04. The molecule has 0 radical (unpaired) electrons. The molecule has 0 N–H and O–H groups in total. The zero-order chi connectivity index (χ0) is 35.7. The van der Waals surface area contributed by atoms with Gasteiger partial charge in [-0.2, -0.15) is 0 Å². The van der Waals surface area contributed by atoms with Gasteiger partial charge in [0.2, 0.25) is 0 Å². The minimum atomic E-state index is -2.67. The fourth-order valence-corrected chi connectivity index (χ4v) is 21.1. The summed E-state index contributed by atoms with van der Waals surface area (Å²) >= 11 is -2.67. The van der Waals surface area contributed by atoms with Crippen LogP contribution in [0.1, 0.15) is 143 Å². The summed E-state index contributed by atoms with van der Waals surface area (Å²) in [4.78, 5) is 0. The van der Waals surface area contributed by atoms with Crippen LogP contribution in [-0.2, 0) is 32.1 Å². The number of benzene rings is 3. The molecule has 0 saturated heterocycles. The van der Waals surface area contributed by atoms with E-state index in [9.17, 15) is 0 Å². The van der Waals surface area contributed by atoms with Crippen LogP contribution in [0.2, 0.25) is 0 Å². The van der Waals surface area contributed by atoms with Gasteiger partial charge in [-0.3, -0.25) is 0 Å². The third-order valence-electron chi connectivity index (χ3n) is 14.5. The molecule has 4 saturated carbocycles. The maximum absolute atomic E-state index is 2.86.